The molecule has 124 valence electrons. The minimum atomic E-state index is -3.26. The molecule has 1 aliphatic heterocycles. The highest BCUT2D eigenvalue weighted by atomic mass is 32.2. The minimum Gasteiger partial charge on any atom is -0.396 e. The lowest BCUT2D eigenvalue weighted by Gasteiger charge is -2.38. The van der Waals surface area contributed by atoms with E-state index in [1.54, 1.807) is 0 Å². The van der Waals surface area contributed by atoms with Crippen molar-refractivity contribution in [3.63, 3.8) is 0 Å². The highest BCUT2D eigenvalue weighted by molar-refractivity contribution is 7.89. The maximum absolute atomic E-state index is 12.0. The summed E-state index contributed by atoms with van der Waals surface area (Å²) in [7, 11) is -3.26. The normalized spacial score (nSPS) is 23.5. The Hall–Kier alpha value is -0.950. The Kier molecular flexibility index (Phi) is 6.37. The monoisotopic (exact) mass is 326 g/mol. The molecule has 0 aromatic heterocycles. The molecule has 6 heteroatoms. The molecular weight excluding hydrogens is 300 g/mol. The number of benzene rings is 1. The highest BCUT2D eigenvalue weighted by Crippen LogP contribution is 2.20. The van der Waals surface area contributed by atoms with Gasteiger partial charge in [0.1, 0.15) is 0 Å². The smallest absolute Gasteiger partial charge is 0.211 e. The molecule has 1 saturated heterocycles. The number of aliphatic hydroxyl groups is 1. The fourth-order valence-corrected chi connectivity index (χ4v) is 4.35. The maximum Gasteiger partial charge on any atom is 0.211 e. The van der Waals surface area contributed by atoms with Crippen molar-refractivity contribution in [1.82, 2.24) is 9.62 Å². The summed E-state index contributed by atoms with van der Waals surface area (Å²) in [6.45, 7) is 4.21. The molecule has 1 fully saturated rings. The van der Waals surface area contributed by atoms with Crippen LogP contribution in [0.4, 0.5) is 0 Å². The molecule has 1 heterocycles. The molecule has 0 amide bonds. The predicted molar refractivity (Wildman–Crippen MR) is 87.9 cm³/mol. The van der Waals surface area contributed by atoms with E-state index in [1.807, 2.05) is 25.1 Å². The van der Waals surface area contributed by atoms with Crippen molar-refractivity contribution in [2.75, 3.05) is 25.4 Å². The van der Waals surface area contributed by atoms with Crippen molar-refractivity contribution in [2.24, 2.45) is 5.92 Å². The van der Waals surface area contributed by atoms with Crippen molar-refractivity contribution < 1.29 is 13.5 Å². The van der Waals surface area contributed by atoms with Gasteiger partial charge in [0.2, 0.25) is 10.0 Å². The van der Waals surface area contributed by atoms with Crippen LogP contribution in [-0.2, 0) is 16.6 Å². The molecule has 0 aliphatic carbocycles. The largest absolute Gasteiger partial charge is 0.396 e. The van der Waals surface area contributed by atoms with Gasteiger partial charge < -0.3 is 5.11 Å². The lowest BCUT2D eigenvalue weighted by Crippen LogP contribution is -2.53. The Morgan fingerprint density at radius 1 is 1.32 bits per heavy atom. The summed E-state index contributed by atoms with van der Waals surface area (Å²) in [4.78, 5) is 2.25. The molecular formula is C16H26N2O3S. The minimum absolute atomic E-state index is 0.00125. The number of aliphatic hydroxyl groups excluding tert-OH is 1. The molecule has 0 spiro atoms. The Balaban J connectivity index is 2.00. The molecule has 2 unspecified atom stereocenters. The standard InChI is InChI=1S/C16H26N2O3S/c1-2-10-22(20,21)17-16-12-18(9-8-15(16)13-19)11-14-6-4-3-5-7-14/h3-7,15-17,19H,2,8-13H2,1H3. The number of likely N-dealkylation sites (tertiary alicyclic amines) is 1. The van der Waals surface area contributed by atoms with Gasteiger partial charge in [0.15, 0.2) is 0 Å². The summed E-state index contributed by atoms with van der Waals surface area (Å²) in [6.07, 6.45) is 1.40. The van der Waals surface area contributed by atoms with Gasteiger partial charge in [0.25, 0.3) is 0 Å². The third-order valence-corrected chi connectivity index (χ3v) is 5.73. The molecule has 1 aromatic carbocycles. The molecule has 2 N–H and O–H groups in total. The van der Waals surface area contributed by atoms with E-state index in [-0.39, 0.29) is 24.3 Å². The molecule has 0 bridgehead atoms. The van der Waals surface area contributed by atoms with Gasteiger partial charge in [-0.1, -0.05) is 37.3 Å². The SMILES string of the molecule is CCCS(=O)(=O)NC1CN(Cc2ccccc2)CCC1CO. The van der Waals surface area contributed by atoms with E-state index in [0.29, 0.717) is 13.0 Å². The summed E-state index contributed by atoms with van der Waals surface area (Å²) >= 11 is 0. The lowest BCUT2D eigenvalue weighted by atomic mass is 9.93. The second kappa shape index (κ2) is 8.06. The van der Waals surface area contributed by atoms with Gasteiger partial charge in [-0.15, -0.1) is 0 Å². The molecule has 0 saturated carbocycles. The number of nitrogens with zero attached hydrogens (tertiary/aromatic N) is 1. The van der Waals surface area contributed by atoms with Gasteiger partial charge >= 0.3 is 0 Å². The molecule has 2 rings (SSSR count). The number of nitrogens with one attached hydrogen (secondary N) is 1. The van der Waals surface area contributed by atoms with E-state index in [1.165, 1.54) is 5.56 Å². The zero-order valence-corrected chi connectivity index (χ0v) is 13.9. The molecule has 22 heavy (non-hydrogen) atoms. The molecule has 5 nitrogen and oxygen atoms in total. The number of hydrogen-bond donors (Lipinski definition) is 2. The number of rotatable bonds is 7. The van der Waals surface area contributed by atoms with Gasteiger partial charge in [-0.3, -0.25) is 4.90 Å². The Labute approximate surface area is 133 Å². The van der Waals surface area contributed by atoms with Crippen LogP contribution in [0.25, 0.3) is 0 Å². The van der Waals surface area contributed by atoms with E-state index in [2.05, 4.69) is 21.8 Å². The van der Waals surface area contributed by atoms with Gasteiger partial charge in [-0.25, -0.2) is 13.1 Å². The van der Waals surface area contributed by atoms with Crippen LogP contribution in [0, 0.1) is 5.92 Å². The van der Waals surface area contributed by atoms with Gasteiger partial charge in [-0.2, -0.15) is 0 Å². The van der Waals surface area contributed by atoms with Crippen molar-refractivity contribution >= 4 is 10.0 Å². The van der Waals surface area contributed by atoms with Crippen molar-refractivity contribution in [3.8, 4) is 0 Å². The first-order valence-corrected chi connectivity index (χ1v) is 9.56. The van der Waals surface area contributed by atoms with Crippen LogP contribution < -0.4 is 4.72 Å². The number of hydrogen-bond acceptors (Lipinski definition) is 4. The second-order valence-electron chi connectivity index (χ2n) is 6.00. The maximum atomic E-state index is 12.0. The summed E-state index contributed by atoms with van der Waals surface area (Å²) in [5.74, 6) is 0.138. The van der Waals surface area contributed by atoms with E-state index < -0.39 is 10.0 Å². The predicted octanol–water partition coefficient (Wildman–Crippen LogP) is 1.20. The first-order chi connectivity index (χ1) is 10.5. The Morgan fingerprint density at radius 3 is 2.68 bits per heavy atom. The third kappa shape index (κ3) is 5.05. The van der Waals surface area contributed by atoms with Crippen LogP contribution in [0.2, 0.25) is 0 Å². The first-order valence-electron chi connectivity index (χ1n) is 7.91. The number of piperidine rings is 1. The second-order valence-corrected chi connectivity index (χ2v) is 7.87. The van der Waals surface area contributed by atoms with Crippen molar-refractivity contribution in [3.05, 3.63) is 35.9 Å². The van der Waals surface area contributed by atoms with Gasteiger partial charge in [0, 0.05) is 31.7 Å². The lowest BCUT2D eigenvalue weighted by molar-refractivity contribution is 0.101. The average molecular weight is 326 g/mol. The average Bonchev–Trinajstić information content (AvgIpc) is 2.48. The quantitative estimate of drug-likeness (QED) is 0.790. The Bertz CT molecular complexity index is 548. The molecule has 0 radical (unpaired) electrons. The van der Waals surface area contributed by atoms with E-state index >= 15 is 0 Å². The van der Waals surface area contributed by atoms with Gasteiger partial charge in [-0.05, 0) is 24.9 Å². The molecule has 2 atom stereocenters. The summed E-state index contributed by atoms with van der Waals surface area (Å²) < 4.78 is 26.8. The zero-order valence-electron chi connectivity index (χ0n) is 13.1. The Morgan fingerprint density at radius 2 is 2.05 bits per heavy atom. The van der Waals surface area contributed by atoms with E-state index in [9.17, 15) is 13.5 Å². The third-order valence-electron chi connectivity index (χ3n) is 4.13. The summed E-state index contributed by atoms with van der Waals surface area (Å²) in [5.41, 5.74) is 1.22. The topological polar surface area (TPSA) is 69.6 Å². The molecule has 1 aromatic rings. The van der Waals surface area contributed by atoms with Crippen LogP contribution in [-0.4, -0.2) is 49.9 Å². The fraction of sp³-hybridized carbons (Fsp3) is 0.625. The van der Waals surface area contributed by atoms with Gasteiger partial charge in [0.05, 0.1) is 5.75 Å². The molecule has 1 aliphatic rings. The van der Waals surface area contributed by atoms with Crippen LogP contribution in [0.5, 0.6) is 0 Å². The fourth-order valence-electron chi connectivity index (χ4n) is 2.96. The number of sulfonamides is 1. The van der Waals surface area contributed by atoms with Crippen LogP contribution in [0.15, 0.2) is 30.3 Å². The van der Waals surface area contributed by atoms with Crippen molar-refractivity contribution in [1.29, 1.82) is 0 Å². The van der Waals surface area contributed by atoms with Crippen LogP contribution in [0.3, 0.4) is 0 Å². The van der Waals surface area contributed by atoms with E-state index in [0.717, 1.165) is 19.5 Å². The van der Waals surface area contributed by atoms with E-state index in [4.69, 9.17) is 0 Å². The van der Waals surface area contributed by atoms with Crippen LogP contribution in [0.1, 0.15) is 25.3 Å². The van der Waals surface area contributed by atoms with Crippen molar-refractivity contribution in [2.45, 2.75) is 32.4 Å². The summed E-state index contributed by atoms with van der Waals surface area (Å²) in [5, 5.41) is 9.51. The van der Waals surface area contributed by atoms with Crippen LogP contribution >= 0.6 is 0 Å². The summed E-state index contributed by atoms with van der Waals surface area (Å²) in [6, 6.07) is 9.96. The highest BCUT2D eigenvalue weighted by Gasteiger charge is 2.31. The first kappa shape index (κ1) is 17.4. The zero-order chi connectivity index (χ0) is 16.0.